The van der Waals surface area contributed by atoms with Gasteiger partial charge in [0.1, 0.15) is 11.2 Å². The second-order valence-electron chi connectivity index (χ2n) is 34.6. The first-order valence-electron chi connectivity index (χ1n) is 48.5. The first-order valence-corrected chi connectivity index (χ1v) is 48.1. The molecule has 0 amide bonds. The molecule has 21 aromatic carbocycles. The summed E-state index contributed by atoms with van der Waals surface area (Å²) in [7, 11) is 0. The molecule has 27 aromatic rings. The van der Waals surface area contributed by atoms with Crippen molar-refractivity contribution in [2.24, 2.45) is 0 Å². The molecule has 140 heavy (non-hydrogen) atoms. The summed E-state index contributed by atoms with van der Waals surface area (Å²) in [6.07, 6.45) is 0. The lowest BCUT2D eigenvalue weighted by Gasteiger charge is -2.12. The first kappa shape index (κ1) is 79.3. The Bertz CT molecular complexity index is 9450. The van der Waals surface area contributed by atoms with Crippen molar-refractivity contribution in [2.75, 3.05) is 0 Å². The lowest BCUT2D eigenvalue weighted by molar-refractivity contribution is 0.669. The third kappa shape index (κ3) is 16.1. The molecule has 0 bridgehead atoms. The summed E-state index contributed by atoms with van der Waals surface area (Å²) in [6, 6.07) is 160. The molecule has 0 atom stereocenters. The van der Waals surface area contributed by atoms with Crippen LogP contribution in [0.15, 0.2) is 478 Å². The highest BCUT2D eigenvalue weighted by molar-refractivity contribution is 7.26. The van der Waals surface area contributed by atoms with Crippen LogP contribution < -0.4 is 0 Å². The largest absolute Gasteiger partial charge is 0.456 e. The predicted molar refractivity (Wildman–Crippen MR) is 583 cm³/mol. The molecule has 6 heterocycles. The maximum Gasteiger partial charge on any atom is 0.164 e. The Kier molecular flexibility index (Phi) is 20.6. The molecular formula is C128H81N9OS2. The number of furan rings is 1. The van der Waals surface area contributed by atoms with Crippen molar-refractivity contribution in [3.8, 4) is 158 Å². The van der Waals surface area contributed by atoms with Crippen LogP contribution in [0.4, 0.5) is 0 Å². The van der Waals surface area contributed by atoms with E-state index in [1.807, 2.05) is 237 Å². The molecule has 0 unspecified atom stereocenters. The molecule has 10 nitrogen and oxygen atoms in total. The van der Waals surface area contributed by atoms with Gasteiger partial charge in [0.15, 0.2) is 52.4 Å². The van der Waals surface area contributed by atoms with Gasteiger partial charge in [-0.3, -0.25) is 0 Å². The fourth-order valence-corrected chi connectivity index (χ4v) is 21.4. The second kappa shape index (κ2) is 36.3. The summed E-state index contributed by atoms with van der Waals surface area (Å²) in [4.78, 5) is 44.8. The Morgan fingerprint density at radius 1 is 0.193 bits per heavy atom. The van der Waals surface area contributed by atoms with E-state index in [-0.39, 0.29) is 0 Å². The maximum atomic E-state index is 9.09. The smallest absolute Gasteiger partial charge is 0.164 e. The van der Waals surface area contributed by atoms with E-state index < -0.39 is 6.85 Å². The van der Waals surface area contributed by atoms with Crippen molar-refractivity contribution >= 4 is 128 Å². The summed E-state index contributed by atoms with van der Waals surface area (Å²) in [5.41, 5.74) is 21.2. The molecule has 6 aromatic heterocycles. The molecule has 0 aliphatic carbocycles. The van der Waals surface area contributed by atoms with E-state index in [0.717, 1.165) is 157 Å². The predicted octanol–water partition coefficient (Wildman–Crippen LogP) is 34.5. The Morgan fingerprint density at radius 3 is 1.03 bits per heavy atom. The van der Waals surface area contributed by atoms with Gasteiger partial charge in [-0.2, -0.15) is 0 Å². The molecule has 0 saturated heterocycles. The third-order valence-corrected chi connectivity index (χ3v) is 28.3. The molecular weight excluding hydrogens is 1740 g/mol. The van der Waals surface area contributed by atoms with Gasteiger partial charge in [0.05, 0.1) is 1.37 Å². The SMILES string of the molecule is [2H]C([2H])([2H])c1cc(-c2cccc3c2ccc2ccccc23)cc2c1sc1cccc(-c3nc(-c4ccccc4)nc(-c4ccccc4)n3)c12.[2H]c1cc(-c2ccc3c(ccc4ccccc43)c2)cc2c1sc1cccc(-c3nc(-c4ccccc4)nc(-c4ccccc4)n3)c12.c1ccc(-c2ccc(-c3ccc(-c4ccc5oc6cccc(-c7nc(-c8ccccc8)nc(-c8ccccc8)n7)c6c5c4)cc3)cc2)cc1. The molecule has 0 spiro atoms. The summed E-state index contributed by atoms with van der Waals surface area (Å²) >= 11 is 3.15. The molecule has 0 N–H and O–H groups in total. The highest BCUT2D eigenvalue weighted by Gasteiger charge is 2.25. The number of rotatable bonds is 14. The number of aromatic nitrogens is 9. The molecule has 656 valence electrons. The lowest BCUT2D eigenvalue weighted by atomic mass is 9.93. The van der Waals surface area contributed by atoms with Gasteiger partial charge in [-0.25, -0.2) is 44.9 Å². The summed E-state index contributed by atoms with van der Waals surface area (Å²) < 4.78 is 45.1. The van der Waals surface area contributed by atoms with Gasteiger partial charge in [-0.05, 0) is 172 Å². The van der Waals surface area contributed by atoms with Crippen LogP contribution in [0.25, 0.3) is 263 Å². The maximum absolute atomic E-state index is 9.09. The monoisotopic (exact) mass is 1830 g/mol. The standard InChI is InChI=1S/C45H29N3O.C42H27N3S.C41H25N3S/c1-4-11-30(12-5-1)31-19-21-32(22-20-31)33-23-25-34(26-24-33)37-27-28-40-39(29-37)42-38(17-10-18-41(42)49-40)45-47-43(35-13-6-2-7-14-35)46-44(48-45)36-15-8-3-9-16-36;1-26-24-30(32-18-10-19-33-31-17-9-8-12-27(31)22-23-34(32)33)25-36-38-35(20-11-21-37(38)46-39(26)36)42-44-40(28-13-4-2-5-14-28)43-41(45-42)29-15-6-3-7-16-29;1-3-11-27(12-4-1)39-42-40(28-13-5-2-6-14-28)44-41(43-39)34-16-9-17-37-38(34)35-25-30(21-23-36(35)45-37)29-20-22-33-31(24-29)19-18-26-10-7-8-15-32(26)33/h1-29H;2-25H,1H3;1-25H/i;1D3;23D. The van der Waals surface area contributed by atoms with E-state index in [1.165, 1.54) is 65.9 Å². The normalized spacial score (nSPS) is 12.0. The third-order valence-electron chi connectivity index (χ3n) is 26.0. The van der Waals surface area contributed by atoms with Crippen molar-refractivity contribution in [3.05, 3.63) is 479 Å². The topological polar surface area (TPSA) is 129 Å². The minimum atomic E-state index is -2.32. The van der Waals surface area contributed by atoms with Crippen LogP contribution in [0.3, 0.4) is 0 Å². The number of nitrogens with zero attached hydrogens (tertiary/aromatic N) is 9. The molecule has 0 radical (unpaired) electrons. The average molecular weight is 1830 g/mol. The van der Waals surface area contributed by atoms with Crippen LogP contribution in [0.2, 0.25) is 0 Å². The van der Waals surface area contributed by atoms with Crippen molar-refractivity contribution in [1.29, 1.82) is 0 Å². The van der Waals surface area contributed by atoms with Crippen molar-refractivity contribution in [1.82, 2.24) is 44.9 Å². The van der Waals surface area contributed by atoms with Crippen LogP contribution >= 0.6 is 22.7 Å². The van der Waals surface area contributed by atoms with Crippen LogP contribution in [0.1, 0.15) is 11.0 Å². The highest BCUT2D eigenvalue weighted by Crippen LogP contribution is 2.48. The Morgan fingerprint density at radius 2 is 0.529 bits per heavy atom. The number of hydrogen-bond donors (Lipinski definition) is 0. The van der Waals surface area contributed by atoms with Crippen LogP contribution in [-0.4, -0.2) is 44.9 Å². The van der Waals surface area contributed by atoms with Gasteiger partial charge in [-0.1, -0.05) is 413 Å². The van der Waals surface area contributed by atoms with E-state index >= 15 is 0 Å². The molecule has 27 rings (SSSR count). The Balaban J connectivity index is 0.000000113. The summed E-state index contributed by atoms with van der Waals surface area (Å²) in [5, 5.41) is 15.4. The first-order chi connectivity index (χ1) is 70.9. The fraction of sp³-hybridized carbons (Fsp3) is 0.00781. The Labute approximate surface area is 820 Å². The Hall–Kier alpha value is -18.1. The van der Waals surface area contributed by atoms with Gasteiger partial charge in [0.2, 0.25) is 0 Å². The number of aryl methyl sites for hydroxylation is 1. The van der Waals surface area contributed by atoms with E-state index in [1.54, 1.807) is 11.3 Å². The number of hydrogen-bond acceptors (Lipinski definition) is 12. The molecule has 12 heteroatoms. The van der Waals surface area contributed by atoms with Gasteiger partial charge in [-0.15, -0.1) is 22.7 Å². The van der Waals surface area contributed by atoms with Crippen LogP contribution in [-0.2, 0) is 0 Å². The molecule has 0 fully saturated rings. The van der Waals surface area contributed by atoms with Gasteiger partial charge >= 0.3 is 0 Å². The highest BCUT2D eigenvalue weighted by atomic mass is 32.1. The van der Waals surface area contributed by atoms with Gasteiger partial charge in [0, 0.05) is 105 Å². The zero-order valence-electron chi connectivity index (χ0n) is 79.2. The zero-order chi connectivity index (χ0) is 96.3. The number of benzene rings is 21. The van der Waals surface area contributed by atoms with Crippen molar-refractivity contribution in [3.63, 3.8) is 0 Å². The van der Waals surface area contributed by atoms with Crippen molar-refractivity contribution < 1.29 is 9.90 Å². The molecule has 0 aliphatic heterocycles. The van der Waals surface area contributed by atoms with E-state index in [0.29, 0.717) is 64.0 Å². The molecule has 0 saturated carbocycles. The fourth-order valence-electron chi connectivity index (χ4n) is 19.2. The number of thiophene rings is 2. The minimum absolute atomic E-state index is 0.343. The minimum Gasteiger partial charge on any atom is -0.456 e. The molecule has 0 aliphatic rings. The van der Waals surface area contributed by atoms with Gasteiger partial charge in [0.25, 0.3) is 0 Å². The zero-order valence-corrected chi connectivity index (χ0v) is 76.8. The average Bonchev–Trinajstić information content (AvgIpc) is 1.57. The van der Waals surface area contributed by atoms with E-state index in [4.69, 9.17) is 54.8 Å². The van der Waals surface area contributed by atoms with Gasteiger partial charge < -0.3 is 4.42 Å². The quantitative estimate of drug-likeness (QED) is 0.0970. The van der Waals surface area contributed by atoms with Crippen molar-refractivity contribution in [2.45, 2.75) is 6.85 Å². The van der Waals surface area contributed by atoms with Crippen LogP contribution in [0.5, 0.6) is 0 Å². The second-order valence-corrected chi connectivity index (χ2v) is 36.7. The van der Waals surface area contributed by atoms with E-state index in [2.05, 4.69) is 231 Å². The summed E-state index contributed by atoms with van der Waals surface area (Å²) in [6.45, 7) is -2.32. The van der Waals surface area contributed by atoms with E-state index in [9.17, 15) is 0 Å². The lowest BCUT2D eigenvalue weighted by Crippen LogP contribution is -2.00. The summed E-state index contributed by atoms with van der Waals surface area (Å²) in [5.74, 6) is 5.44. The number of fused-ring (bicyclic) bond motifs is 15. The van der Waals surface area contributed by atoms with Crippen LogP contribution in [0, 0.1) is 6.85 Å².